The zero-order valence-electron chi connectivity index (χ0n) is 8.95. The number of halogens is 1. The van der Waals surface area contributed by atoms with Crippen molar-refractivity contribution in [2.45, 2.75) is 40.2 Å². The van der Waals surface area contributed by atoms with Crippen LogP contribution in [0.5, 0.6) is 0 Å². The molecule has 0 aliphatic heterocycles. The van der Waals surface area contributed by atoms with E-state index < -0.39 is 0 Å². The molecule has 0 aromatic heterocycles. The number of alkyl halides is 1. The van der Waals surface area contributed by atoms with E-state index in [9.17, 15) is 0 Å². The Balaban J connectivity index is 4.23. The van der Waals surface area contributed by atoms with Crippen LogP contribution >= 0.6 is 11.6 Å². The van der Waals surface area contributed by atoms with E-state index in [1.165, 1.54) is 6.42 Å². The molecule has 1 nitrogen and oxygen atoms in total. The SMILES string of the molecule is CCC(C)(C)C(C)C(CCl)NC. The number of hydrogen-bond acceptors (Lipinski definition) is 1. The Morgan fingerprint density at radius 1 is 1.42 bits per heavy atom. The van der Waals surface area contributed by atoms with Crippen molar-refractivity contribution >= 4 is 11.6 Å². The van der Waals surface area contributed by atoms with Gasteiger partial charge in [0, 0.05) is 11.9 Å². The van der Waals surface area contributed by atoms with Gasteiger partial charge in [0.1, 0.15) is 0 Å². The predicted octanol–water partition coefficient (Wildman–Crippen LogP) is 2.89. The molecule has 0 aromatic rings. The normalized spacial score (nSPS) is 17.5. The van der Waals surface area contributed by atoms with Crippen molar-refractivity contribution in [3.05, 3.63) is 0 Å². The first kappa shape index (κ1) is 12.2. The third-order valence-corrected chi connectivity index (χ3v) is 3.62. The van der Waals surface area contributed by atoms with Crippen LogP contribution in [0, 0.1) is 11.3 Å². The summed E-state index contributed by atoms with van der Waals surface area (Å²) in [5, 5.41) is 3.26. The summed E-state index contributed by atoms with van der Waals surface area (Å²) in [6.45, 7) is 9.10. The molecule has 0 saturated carbocycles. The molecular formula is C10H22ClN. The zero-order chi connectivity index (χ0) is 9.78. The van der Waals surface area contributed by atoms with Gasteiger partial charge in [0.2, 0.25) is 0 Å². The van der Waals surface area contributed by atoms with E-state index in [4.69, 9.17) is 11.6 Å². The molecule has 0 heterocycles. The second-order valence-corrected chi connectivity index (χ2v) is 4.49. The molecule has 0 fully saturated rings. The highest BCUT2D eigenvalue weighted by atomic mass is 35.5. The standard InChI is InChI=1S/C10H22ClN/c1-6-10(3,4)8(2)9(7-11)12-5/h8-9,12H,6-7H2,1-5H3. The lowest BCUT2D eigenvalue weighted by atomic mass is 9.74. The van der Waals surface area contributed by atoms with Crippen LogP contribution in [0.15, 0.2) is 0 Å². The van der Waals surface area contributed by atoms with Crippen LogP contribution in [0.25, 0.3) is 0 Å². The third kappa shape index (κ3) is 2.95. The molecule has 0 amide bonds. The quantitative estimate of drug-likeness (QED) is 0.660. The van der Waals surface area contributed by atoms with Gasteiger partial charge in [-0.15, -0.1) is 11.6 Å². The van der Waals surface area contributed by atoms with Crippen molar-refractivity contribution in [3.63, 3.8) is 0 Å². The average molecular weight is 192 g/mol. The highest BCUT2D eigenvalue weighted by molar-refractivity contribution is 6.18. The largest absolute Gasteiger partial charge is 0.316 e. The molecule has 0 aromatic carbocycles. The van der Waals surface area contributed by atoms with Gasteiger partial charge in [0.15, 0.2) is 0 Å². The van der Waals surface area contributed by atoms with Crippen molar-refractivity contribution in [3.8, 4) is 0 Å². The second-order valence-electron chi connectivity index (χ2n) is 4.18. The minimum absolute atomic E-state index is 0.378. The fourth-order valence-electron chi connectivity index (χ4n) is 1.33. The van der Waals surface area contributed by atoms with Gasteiger partial charge in [0.25, 0.3) is 0 Å². The van der Waals surface area contributed by atoms with Gasteiger partial charge >= 0.3 is 0 Å². The maximum absolute atomic E-state index is 5.86. The highest BCUT2D eigenvalue weighted by Gasteiger charge is 2.29. The van der Waals surface area contributed by atoms with Crippen LogP contribution in [0.4, 0.5) is 0 Å². The Labute approximate surface area is 81.9 Å². The summed E-state index contributed by atoms with van der Waals surface area (Å²) in [7, 11) is 1.98. The molecule has 0 bridgehead atoms. The molecule has 2 unspecified atom stereocenters. The van der Waals surface area contributed by atoms with Gasteiger partial charge < -0.3 is 5.32 Å². The van der Waals surface area contributed by atoms with Gasteiger partial charge in [-0.1, -0.05) is 34.1 Å². The summed E-state index contributed by atoms with van der Waals surface area (Å²) < 4.78 is 0. The Kier molecular flexibility index (Phi) is 5.19. The van der Waals surface area contributed by atoms with Gasteiger partial charge in [0.05, 0.1) is 0 Å². The minimum atomic E-state index is 0.378. The monoisotopic (exact) mass is 191 g/mol. The van der Waals surface area contributed by atoms with Crippen LogP contribution in [0.1, 0.15) is 34.1 Å². The molecular weight excluding hydrogens is 170 g/mol. The molecule has 2 atom stereocenters. The van der Waals surface area contributed by atoms with Crippen LogP contribution < -0.4 is 5.32 Å². The van der Waals surface area contributed by atoms with E-state index in [0.717, 1.165) is 0 Å². The van der Waals surface area contributed by atoms with Gasteiger partial charge in [-0.05, 0) is 18.4 Å². The van der Waals surface area contributed by atoms with E-state index in [1.54, 1.807) is 0 Å². The lowest BCUT2D eigenvalue weighted by Gasteiger charge is -2.35. The van der Waals surface area contributed by atoms with E-state index >= 15 is 0 Å². The summed E-state index contributed by atoms with van der Waals surface area (Å²) >= 11 is 5.86. The molecule has 74 valence electrons. The first-order valence-corrected chi connectivity index (χ1v) is 5.26. The summed E-state index contributed by atoms with van der Waals surface area (Å²) in [6.07, 6.45) is 1.20. The second kappa shape index (κ2) is 5.08. The van der Waals surface area contributed by atoms with Gasteiger partial charge in [-0.3, -0.25) is 0 Å². The van der Waals surface area contributed by atoms with Crippen molar-refractivity contribution in [1.29, 1.82) is 0 Å². The highest BCUT2D eigenvalue weighted by Crippen LogP contribution is 2.32. The fraction of sp³-hybridized carbons (Fsp3) is 1.00. The van der Waals surface area contributed by atoms with Crippen LogP contribution in [-0.2, 0) is 0 Å². The Bertz CT molecular complexity index is 119. The maximum Gasteiger partial charge on any atom is 0.0380 e. The molecule has 1 N–H and O–H groups in total. The third-order valence-electron chi connectivity index (χ3n) is 3.28. The predicted molar refractivity (Wildman–Crippen MR) is 56.8 cm³/mol. The number of nitrogens with one attached hydrogen (secondary N) is 1. The van der Waals surface area contributed by atoms with Crippen LogP contribution in [0.3, 0.4) is 0 Å². The van der Waals surface area contributed by atoms with E-state index in [2.05, 4.69) is 33.0 Å². The molecule has 0 saturated heterocycles. The Morgan fingerprint density at radius 2 is 1.92 bits per heavy atom. The minimum Gasteiger partial charge on any atom is -0.316 e. The van der Waals surface area contributed by atoms with E-state index in [0.29, 0.717) is 23.3 Å². The Morgan fingerprint density at radius 3 is 2.17 bits per heavy atom. The fourth-order valence-corrected chi connectivity index (χ4v) is 1.75. The summed E-state index contributed by atoms with van der Waals surface area (Å²) in [6, 6.07) is 0.432. The molecule has 12 heavy (non-hydrogen) atoms. The Hall–Kier alpha value is 0.250. The number of rotatable bonds is 5. The van der Waals surface area contributed by atoms with E-state index in [-0.39, 0.29) is 0 Å². The lowest BCUT2D eigenvalue weighted by Crippen LogP contribution is -2.41. The van der Waals surface area contributed by atoms with Gasteiger partial charge in [-0.25, -0.2) is 0 Å². The molecule has 0 radical (unpaired) electrons. The van der Waals surface area contributed by atoms with Crippen molar-refractivity contribution < 1.29 is 0 Å². The first-order valence-electron chi connectivity index (χ1n) is 4.72. The summed E-state index contributed by atoms with van der Waals surface area (Å²) in [5.74, 6) is 1.31. The topological polar surface area (TPSA) is 12.0 Å². The molecule has 2 heteroatoms. The molecule has 0 aliphatic rings. The van der Waals surface area contributed by atoms with Crippen molar-refractivity contribution in [1.82, 2.24) is 5.32 Å². The summed E-state index contributed by atoms with van der Waals surface area (Å²) in [4.78, 5) is 0. The lowest BCUT2D eigenvalue weighted by molar-refractivity contribution is 0.182. The molecule has 0 rings (SSSR count). The number of hydrogen-bond donors (Lipinski definition) is 1. The molecule has 0 aliphatic carbocycles. The first-order chi connectivity index (χ1) is 5.49. The smallest absolute Gasteiger partial charge is 0.0380 e. The van der Waals surface area contributed by atoms with Crippen molar-refractivity contribution in [2.75, 3.05) is 12.9 Å². The van der Waals surface area contributed by atoms with E-state index in [1.807, 2.05) is 7.05 Å². The summed E-state index contributed by atoms with van der Waals surface area (Å²) in [5.41, 5.74) is 0.378. The van der Waals surface area contributed by atoms with Crippen LogP contribution in [-0.4, -0.2) is 19.0 Å². The van der Waals surface area contributed by atoms with Gasteiger partial charge in [-0.2, -0.15) is 0 Å². The maximum atomic E-state index is 5.86. The average Bonchev–Trinajstić information content (AvgIpc) is 2.06. The van der Waals surface area contributed by atoms with Crippen molar-refractivity contribution in [2.24, 2.45) is 11.3 Å². The zero-order valence-corrected chi connectivity index (χ0v) is 9.70. The van der Waals surface area contributed by atoms with Crippen LogP contribution in [0.2, 0.25) is 0 Å². The molecule has 0 spiro atoms.